The second-order valence-electron chi connectivity index (χ2n) is 2.46. The molecule has 1 rings (SSSR count). The molecule has 0 N–H and O–H groups in total. The van der Waals surface area contributed by atoms with Crippen LogP contribution in [-0.4, -0.2) is 19.6 Å². The standard InChI is InChI=1S/C5H8F3O3P/c1-4-2-9-12(10-3-4)11-5(6,7)8/h4H,2-3H2,1H3. The van der Waals surface area contributed by atoms with Crippen LogP contribution >= 0.6 is 8.60 Å². The van der Waals surface area contributed by atoms with Gasteiger partial charge in [0.25, 0.3) is 0 Å². The van der Waals surface area contributed by atoms with Crippen LogP contribution in [0.1, 0.15) is 6.92 Å². The van der Waals surface area contributed by atoms with Gasteiger partial charge in [-0.2, -0.15) is 0 Å². The molecule has 72 valence electrons. The van der Waals surface area contributed by atoms with Gasteiger partial charge in [0.05, 0.1) is 13.2 Å². The SMILES string of the molecule is CC1COP(OC(F)(F)F)OC1. The average Bonchev–Trinajstić information content (AvgIpc) is 1.91. The summed E-state index contributed by atoms with van der Waals surface area (Å²) in [7, 11) is -2.21. The zero-order valence-electron chi connectivity index (χ0n) is 6.30. The molecule has 0 spiro atoms. The molecule has 0 saturated carbocycles. The molecule has 1 aliphatic heterocycles. The van der Waals surface area contributed by atoms with Gasteiger partial charge in [0.1, 0.15) is 0 Å². The lowest BCUT2D eigenvalue weighted by Gasteiger charge is -2.25. The summed E-state index contributed by atoms with van der Waals surface area (Å²) in [5, 5.41) is 0. The van der Waals surface area contributed by atoms with Crippen molar-refractivity contribution in [2.24, 2.45) is 5.92 Å². The van der Waals surface area contributed by atoms with Gasteiger partial charge in [0, 0.05) is 5.92 Å². The Labute approximate surface area is 68.8 Å². The second kappa shape index (κ2) is 3.87. The maximum atomic E-state index is 11.6. The normalized spacial score (nSPS) is 32.0. The lowest BCUT2D eigenvalue weighted by atomic mass is 10.2. The molecule has 1 saturated heterocycles. The first-order valence-corrected chi connectivity index (χ1v) is 4.39. The number of hydrogen-bond donors (Lipinski definition) is 0. The van der Waals surface area contributed by atoms with Crippen molar-refractivity contribution in [2.45, 2.75) is 13.3 Å². The number of halogens is 3. The molecular weight excluding hydrogens is 196 g/mol. The van der Waals surface area contributed by atoms with Crippen molar-refractivity contribution in [3.05, 3.63) is 0 Å². The molecule has 1 fully saturated rings. The first kappa shape index (κ1) is 10.2. The van der Waals surface area contributed by atoms with Crippen molar-refractivity contribution >= 4 is 8.60 Å². The Kier molecular flexibility index (Phi) is 3.29. The summed E-state index contributed by atoms with van der Waals surface area (Å²) in [4.78, 5) is 0. The van der Waals surface area contributed by atoms with E-state index in [1.54, 1.807) is 0 Å². The Morgan fingerprint density at radius 2 is 1.83 bits per heavy atom. The molecule has 0 radical (unpaired) electrons. The van der Waals surface area contributed by atoms with E-state index in [0.29, 0.717) is 0 Å². The molecule has 0 atom stereocenters. The van der Waals surface area contributed by atoms with E-state index >= 15 is 0 Å². The third-order valence-corrected chi connectivity index (χ3v) is 2.18. The Morgan fingerprint density at radius 3 is 2.25 bits per heavy atom. The fraction of sp³-hybridized carbons (Fsp3) is 1.00. The fourth-order valence-corrected chi connectivity index (χ4v) is 1.70. The van der Waals surface area contributed by atoms with Crippen LogP contribution in [-0.2, 0) is 13.6 Å². The van der Waals surface area contributed by atoms with Crippen LogP contribution in [0.25, 0.3) is 0 Å². The van der Waals surface area contributed by atoms with Crippen LogP contribution in [0.3, 0.4) is 0 Å². The molecule has 7 heteroatoms. The predicted octanol–water partition coefficient (Wildman–Crippen LogP) is 2.43. The molecular formula is C5H8F3O3P. The highest BCUT2D eigenvalue weighted by molar-refractivity contribution is 7.41. The quantitative estimate of drug-likeness (QED) is 0.614. The third-order valence-electron chi connectivity index (χ3n) is 1.11. The van der Waals surface area contributed by atoms with E-state index in [2.05, 4.69) is 13.6 Å². The summed E-state index contributed by atoms with van der Waals surface area (Å²) in [5.41, 5.74) is 0. The highest BCUT2D eigenvalue weighted by Gasteiger charge is 2.37. The van der Waals surface area contributed by atoms with Gasteiger partial charge in [-0.15, -0.1) is 13.2 Å². The maximum Gasteiger partial charge on any atom is 0.529 e. The highest BCUT2D eigenvalue weighted by Crippen LogP contribution is 2.48. The molecule has 1 heterocycles. The summed E-state index contributed by atoms with van der Waals surface area (Å²) < 4.78 is 47.6. The van der Waals surface area contributed by atoms with E-state index in [0.717, 1.165) is 0 Å². The Hall–Kier alpha value is 0.100. The van der Waals surface area contributed by atoms with Gasteiger partial charge >= 0.3 is 15.0 Å². The van der Waals surface area contributed by atoms with Crippen LogP contribution in [0.15, 0.2) is 0 Å². The van der Waals surface area contributed by atoms with Crippen LogP contribution in [0.4, 0.5) is 13.2 Å². The number of rotatable bonds is 1. The zero-order chi connectivity index (χ0) is 9.19. The van der Waals surface area contributed by atoms with Crippen LogP contribution in [0, 0.1) is 5.92 Å². The third kappa shape index (κ3) is 3.67. The van der Waals surface area contributed by atoms with E-state index in [4.69, 9.17) is 0 Å². The summed E-state index contributed by atoms with van der Waals surface area (Å²) in [6, 6.07) is 0. The van der Waals surface area contributed by atoms with Gasteiger partial charge in [-0.1, -0.05) is 6.92 Å². The van der Waals surface area contributed by atoms with E-state index in [9.17, 15) is 13.2 Å². The van der Waals surface area contributed by atoms with Crippen LogP contribution in [0.5, 0.6) is 0 Å². The predicted molar refractivity (Wildman–Crippen MR) is 35.1 cm³/mol. The largest absolute Gasteiger partial charge is 0.529 e. The van der Waals surface area contributed by atoms with Crippen molar-refractivity contribution in [3.8, 4) is 0 Å². The van der Waals surface area contributed by atoms with E-state index in [1.165, 1.54) is 0 Å². The average molecular weight is 204 g/mol. The molecule has 1 aliphatic rings. The smallest absolute Gasteiger partial charge is 0.312 e. The first-order valence-electron chi connectivity index (χ1n) is 3.29. The molecule has 12 heavy (non-hydrogen) atoms. The second-order valence-corrected chi connectivity index (χ2v) is 3.60. The Morgan fingerprint density at radius 1 is 1.33 bits per heavy atom. The van der Waals surface area contributed by atoms with Crippen molar-refractivity contribution in [2.75, 3.05) is 13.2 Å². The van der Waals surface area contributed by atoms with Crippen LogP contribution in [0.2, 0.25) is 0 Å². The summed E-state index contributed by atoms with van der Waals surface area (Å²) in [6.45, 7) is 2.32. The summed E-state index contributed by atoms with van der Waals surface area (Å²) >= 11 is 0. The van der Waals surface area contributed by atoms with Crippen molar-refractivity contribution in [1.82, 2.24) is 0 Å². The van der Waals surface area contributed by atoms with Gasteiger partial charge in [-0.05, 0) is 0 Å². The number of hydrogen-bond acceptors (Lipinski definition) is 3. The minimum atomic E-state index is -4.67. The van der Waals surface area contributed by atoms with Crippen molar-refractivity contribution < 1.29 is 26.7 Å². The molecule has 3 nitrogen and oxygen atoms in total. The molecule has 0 aromatic heterocycles. The van der Waals surface area contributed by atoms with E-state index in [-0.39, 0.29) is 19.1 Å². The van der Waals surface area contributed by atoms with E-state index < -0.39 is 15.0 Å². The highest BCUT2D eigenvalue weighted by atomic mass is 31.2. The van der Waals surface area contributed by atoms with Crippen molar-refractivity contribution in [3.63, 3.8) is 0 Å². The maximum absolute atomic E-state index is 11.6. The first-order chi connectivity index (χ1) is 5.47. The minimum Gasteiger partial charge on any atom is -0.312 e. The Balaban J connectivity index is 2.26. The fourth-order valence-electron chi connectivity index (χ4n) is 0.599. The monoisotopic (exact) mass is 204 g/mol. The van der Waals surface area contributed by atoms with Gasteiger partial charge < -0.3 is 9.05 Å². The number of alkyl halides is 3. The topological polar surface area (TPSA) is 27.7 Å². The van der Waals surface area contributed by atoms with E-state index in [1.807, 2.05) is 6.92 Å². The summed E-state index contributed by atoms with van der Waals surface area (Å²) in [6.07, 6.45) is -4.67. The molecule has 0 aromatic carbocycles. The lowest BCUT2D eigenvalue weighted by Crippen LogP contribution is -2.20. The molecule has 0 aliphatic carbocycles. The molecule has 0 amide bonds. The lowest BCUT2D eigenvalue weighted by molar-refractivity contribution is -0.280. The van der Waals surface area contributed by atoms with Gasteiger partial charge in [0.15, 0.2) is 0 Å². The minimum absolute atomic E-state index is 0.126. The Bertz CT molecular complexity index is 143. The van der Waals surface area contributed by atoms with Gasteiger partial charge in [0.2, 0.25) is 0 Å². The van der Waals surface area contributed by atoms with Gasteiger partial charge in [-0.3, -0.25) is 0 Å². The van der Waals surface area contributed by atoms with Crippen molar-refractivity contribution in [1.29, 1.82) is 0 Å². The molecule has 0 aromatic rings. The summed E-state index contributed by atoms with van der Waals surface area (Å²) in [5.74, 6) is 0.126. The molecule has 0 bridgehead atoms. The molecule has 0 unspecified atom stereocenters. The zero-order valence-corrected chi connectivity index (χ0v) is 7.19. The van der Waals surface area contributed by atoms with Gasteiger partial charge in [-0.25, -0.2) is 4.52 Å². The van der Waals surface area contributed by atoms with Crippen LogP contribution < -0.4 is 0 Å².